The first-order chi connectivity index (χ1) is 11.6. The van der Waals surface area contributed by atoms with Gasteiger partial charge in [-0.2, -0.15) is 0 Å². The third-order valence-electron chi connectivity index (χ3n) is 6.25. The molecule has 1 saturated carbocycles. The summed E-state index contributed by atoms with van der Waals surface area (Å²) in [7, 11) is 0. The molecule has 1 atom stereocenters. The summed E-state index contributed by atoms with van der Waals surface area (Å²) in [6, 6.07) is 1.17. The standard InChI is InChI=1S/C18H34N6/c1-5-16(17-19-20-21-24(17)18(3,4)6-2)23-13-11-22(12-14-23)15-9-7-8-10-15/h15-16H,5-14H2,1-4H3/t16-/m1/s1. The van der Waals surface area contributed by atoms with Gasteiger partial charge in [0.15, 0.2) is 5.82 Å². The number of nitrogens with zero attached hydrogens (tertiary/aromatic N) is 6. The van der Waals surface area contributed by atoms with Crippen molar-refractivity contribution in [1.29, 1.82) is 0 Å². The van der Waals surface area contributed by atoms with E-state index in [2.05, 4.69) is 57.7 Å². The molecule has 0 unspecified atom stereocenters. The Bertz CT molecular complexity index is 511. The average Bonchev–Trinajstić information content (AvgIpc) is 3.28. The number of piperazine rings is 1. The summed E-state index contributed by atoms with van der Waals surface area (Å²) in [6.07, 6.45) is 7.73. The van der Waals surface area contributed by atoms with Crippen molar-refractivity contribution >= 4 is 0 Å². The van der Waals surface area contributed by atoms with Gasteiger partial charge < -0.3 is 0 Å². The summed E-state index contributed by atoms with van der Waals surface area (Å²) >= 11 is 0. The first-order valence-corrected chi connectivity index (χ1v) is 9.83. The summed E-state index contributed by atoms with van der Waals surface area (Å²) in [4.78, 5) is 5.31. The van der Waals surface area contributed by atoms with E-state index in [9.17, 15) is 0 Å². The van der Waals surface area contributed by atoms with Crippen molar-refractivity contribution < 1.29 is 0 Å². The van der Waals surface area contributed by atoms with Gasteiger partial charge in [0, 0.05) is 32.2 Å². The van der Waals surface area contributed by atoms with E-state index >= 15 is 0 Å². The molecule has 3 rings (SSSR count). The fourth-order valence-corrected chi connectivity index (χ4v) is 4.27. The molecule has 2 aliphatic rings. The first-order valence-electron chi connectivity index (χ1n) is 9.83. The summed E-state index contributed by atoms with van der Waals surface area (Å²) < 4.78 is 2.06. The largest absolute Gasteiger partial charge is 0.298 e. The Morgan fingerprint density at radius 1 is 1.08 bits per heavy atom. The van der Waals surface area contributed by atoms with Gasteiger partial charge in [0.2, 0.25) is 0 Å². The quantitative estimate of drug-likeness (QED) is 0.801. The third kappa shape index (κ3) is 3.49. The number of hydrogen-bond acceptors (Lipinski definition) is 5. The molecule has 1 aromatic rings. The maximum atomic E-state index is 4.42. The maximum absolute atomic E-state index is 4.42. The first kappa shape index (κ1) is 17.8. The van der Waals surface area contributed by atoms with Gasteiger partial charge in [0.05, 0.1) is 11.6 Å². The molecular formula is C18H34N6. The van der Waals surface area contributed by atoms with Crippen LogP contribution >= 0.6 is 0 Å². The molecule has 2 fully saturated rings. The molecule has 2 heterocycles. The van der Waals surface area contributed by atoms with E-state index in [1.54, 1.807) is 0 Å². The molecule has 136 valence electrons. The number of hydrogen-bond donors (Lipinski definition) is 0. The van der Waals surface area contributed by atoms with Crippen LogP contribution in [-0.2, 0) is 5.54 Å². The highest BCUT2D eigenvalue weighted by molar-refractivity contribution is 4.98. The van der Waals surface area contributed by atoms with Crippen molar-refractivity contribution in [2.75, 3.05) is 26.2 Å². The summed E-state index contributed by atoms with van der Waals surface area (Å²) in [5, 5.41) is 12.7. The SMILES string of the molecule is CC[C@H](c1nnnn1C(C)(C)CC)N1CCN(C2CCCC2)CC1. The summed E-state index contributed by atoms with van der Waals surface area (Å²) in [5.41, 5.74) is -0.0298. The zero-order valence-electron chi connectivity index (χ0n) is 15.9. The van der Waals surface area contributed by atoms with Crippen LogP contribution in [0.25, 0.3) is 0 Å². The van der Waals surface area contributed by atoms with Crippen LogP contribution in [0.2, 0.25) is 0 Å². The Morgan fingerprint density at radius 3 is 2.33 bits per heavy atom. The van der Waals surface area contributed by atoms with Gasteiger partial charge in [-0.1, -0.05) is 26.7 Å². The zero-order valence-corrected chi connectivity index (χ0v) is 15.9. The maximum Gasteiger partial charge on any atom is 0.168 e. The van der Waals surface area contributed by atoms with Gasteiger partial charge in [-0.3, -0.25) is 9.80 Å². The lowest BCUT2D eigenvalue weighted by molar-refractivity contribution is 0.0623. The van der Waals surface area contributed by atoms with Gasteiger partial charge in [-0.05, 0) is 50.0 Å². The Labute approximate surface area is 146 Å². The molecule has 1 aliphatic heterocycles. The van der Waals surface area contributed by atoms with Crippen molar-refractivity contribution in [3.8, 4) is 0 Å². The van der Waals surface area contributed by atoms with E-state index in [0.717, 1.165) is 37.8 Å². The Kier molecular flexibility index (Phi) is 5.55. The number of rotatable bonds is 6. The lowest BCUT2D eigenvalue weighted by Crippen LogP contribution is -2.51. The number of aromatic nitrogens is 4. The van der Waals surface area contributed by atoms with Crippen molar-refractivity contribution in [1.82, 2.24) is 30.0 Å². The molecular weight excluding hydrogens is 300 g/mol. The molecule has 0 radical (unpaired) electrons. The highest BCUT2D eigenvalue weighted by atomic mass is 15.6. The lowest BCUT2D eigenvalue weighted by atomic mass is 10.0. The number of tetrazole rings is 1. The van der Waals surface area contributed by atoms with Crippen LogP contribution in [0, 0.1) is 0 Å². The summed E-state index contributed by atoms with van der Waals surface area (Å²) in [5.74, 6) is 1.04. The molecule has 1 aliphatic carbocycles. The highest BCUT2D eigenvalue weighted by Gasteiger charge is 2.33. The Hall–Kier alpha value is -1.01. The lowest BCUT2D eigenvalue weighted by Gasteiger charge is -2.41. The second-order valence-corrected chi connectivity index (χ2v) is 8.05. The van der Waals surface area contributed by atoms with Gasteiger partial charge >= 0.3 is 0 Å². The van der Waals surface area contributed by atoms with Gasteiger partial charge in [0.25, 0.3) is 0 Å². The van der Waals surface area contributed by atoms with E-state index < -0.39 is 0 Å². The molecule has 0 amide bonds. The smallest absolute Gasteiger partial charge is 0.168 e. The van der Waals surface area contributed by atoms with Crippen molar-refractivity contribution in [3.63, 3.8) is 0 Å². The zero-order chi connectivity index (χ0) is 17.2. The topological polar surface area (TPSA) is 50.1 Å². The Balaban J connectivity index is 1.68. The van der Waals surface area contributed by atoms with Crippen molar-refractivity contribution in [3.05, 3.63) is 5.82 Å². The second kappa shape index (κ2) is 7.48. The minimum atomic E-state index is -0.0298. The fourth-order valence-electron chi connectivity index (χ4n) is 4.27. The second-order valence-electron chi connectivity index (χ2n) is 8.05. The fraction of sp³-hybridized carbons (Fsp3) is 0.944. The molecule has 0 aromatic carbocycles. The minimum absolute atomic E-state index is 0.0298. The summed E-state index contributed by atoms with van der Waals surface area (Å²) in [6.45, 7) is 13.6. The van der Waals surface area contributed by atoms with Crippen LogP contribution in [-0.4, -0.2) is 62.2 Å². The molecule has 1 aromatic heterocycles. The average molecular weight is 335 g/mol. The molecule has 0 N–H and O–H groups in total. The third-order valence-corrected chi connectivity index (χ3v) is 6.25. The molecule has 0 spiro atoms. The van der Waals surface area contributed by atoms with Crippen molar-refractivity contribution in [2.24, 2.45) is 0 Å². The van der Waals surface area contributed by atoms with E-state index in [4.69, 9.17) is 0 Å². The van der Waals surface area contributed by atoms with Gasteiger partial charge in [-0.25, -0.2) is 4.68 Å². The molecule has 0 bridgehead atoms. The minimum Gasteiger partial charge on any atom is -0.298 e. The molecule has 6 nitrogen and oxygen atoms in total. The van der Waals surface area contributed by atoms with E-state index in [1.807, 2.05) is 0 Å². The normalized spacial score (nSPS) is 23.0. The molecule has 6 heteroatoms. The molecule has 1 saturated heterocycles. The van der Waals surface area contributed by atoms with E-state index in [0.29, 0.717) is 6.04 Å². The van der Waals surface area contributed by atoms with Crippen LogP contribution in [0.1, 0.15) is 78.1 Å². The van der Waals surface area contributed by atoms with E-state index in [1.165, 1.54) is 38.8 Å². The van der Waals surface area contributed by atoms with Gasteiger partial charge in [-0.15, -0.1) is 5.10 Å². The van der Waals surface area contributed by atoms with Crippen molar-refractivity contribution in [2.45, 2.75) is 83.8 Å². The monoisotopic (exact) mass is 334 g/mol. The predicted molar refractivity (Wildman–Crippen MR) is 95.9 cm³/mol. The van der Waals surface area contributed by atoms with Crippen LogP contribution < -0.4 is 0 Å². The van der Waals surface area contributed by atoms with Crippen LogP contribution in [0.3, 0.4) is 0 Å². The van der Waals surface area contributed by atoms with Gasteiger partial charge in [0.1, 0.15) is 0 Å². The highest BCUT2D eigenvalue weighted by Crippen LogP contribution is 2.30. The van der Waals surface area contributed by atoms with Crippen LogP contribution in [0.5, 0.6) is 0 Å². The van der Waals surface area contributed by atoms with Crippen LogP contribution in [0.15, 0.2) is 0 Å². The predicted octanol–water partition coefficient (Wildman–Crippen LogP) is 2.83. The van der Waals surface area contributed by atoms with Crippen LogP contribution in [0.4, 0.5) is 0 Å². The van der Waals surface area contributed by atoms with E-state index in [-0.39, 0.29) is 5.54 Å². The Morgan fingerprint density at radius 2 is 1.75 bits per heavy atom. The molecule has 24 heavy (non-hydrogen) atoms.